The zero-order valence-corrected chi connectivity index (χ0v) is 11.9. The van der Waals surface area contributed by atoms with Gasteiger partial charge in [-0.1, -0.05) is 41.9 Å². The maximum absolute atomic E-state index is 10.3. The number of aliphatic hydroxyl groups excluding tert-OH is 1. The molecule has 2 nitrogen and oxygen atoms in total. The first-order chi connectivity index (χ1) is 9.72. The molecule has 104 valence electrons. The van der Waals surface area contributed by atoms with Crippen molar-refractivity contribution >= 4 is 11.6 Å². The minimum atomic E-state index is -0.427. The normalized spacial score (nSPS) is 14.7. The third-order valence-corrected chi connectivity index (χ3v) is 3.81. The summed E-state index contributed by atoms with van der Waals surface area (Å²) < 4.78 is 5.67. The molecule has 1 N–H and O–H groups in total. The van der Waals surface area contributed by atoms with E-state index < -0.39 is 6.10 Å². The molecule has 0 fully saturated rings. The Hall–Kier alpha value is -1.51. The Bertz CT molecular complexity index is 595. The summed E-state index contributed by atoms with van der Waals surface area (Å²) in [5.41, 5.74) is 3.30. The van der Waals surface area contributed by atoms with E-state index in [1.165, 1.54) is 0 Å². The van der Waals surface area contributed by atoms with Gasteiger partial charge in [-0.2, -0.15) is 0 Å². The van der Waals surface area contributed by atoms with Gasteiger partial charge in [0, 0.05) is 17.9 Å². The fraction of sp³-hybridized carbons (Fsp3) is 0.294. The maximum atomic E-state index is 10.3. The van der Waals surface area contributed by atoms with E-state index in [4.69, 9.17) is 16.3 Å². The van der Waals surface area contributed by atoms with Crippen LogP contribution in [0.4, 0.5) is 0 Å². The second kappa shape index (κ2) is 5.86. The van der Waals surface area contributed by atoms with Crippen molar-refractivity contribution in [3.8, 4) is 5.75 Å². The van der Waals surface area contributed by atoms with Gasteiger partial charge in [0.05, 0.1) is 12.7 Å². The lowest BCUT2D eigenvalue weighted by Gasteiger charge is -2.14. The smallest absolute Gasteiger partial charge is 0.126 e. The quantitative estimate of drug-likeness (QED) is 0.934. The maximum Gasteiger partial charge on any atom is 0.126 e. The van der Waals surface area contributed by atoms with E-state index in [1.54, 1.807) is 0 Å². The number of hydrogen-bond donors (Lipinski definition) is 1. The van der Waals surface area contributed by atoms with E-state index >= 15 is 0 Å². The van der Waals surface area contributed by atoms with Crippen molar-refractivity contribution in [2.75, 3.05) is 6.61 Å². The number of ether oxygens (including phenoxy) is 1. The molecule has 3 heteroatoms. The van der Waals surface area contributed by atoms with Crippen LogP contribution >= 0.6 is 11.6 Å². The van der Waals surface area contributed by atoms with Crippen molar-refractivity contribution in [2.24, 2.45) is 0 Å². The van der Waals surface area contributed by atoms with Crippen LogP contribution in [0.2, 0.25) is 5.02 Å². The second-order valence-electron chi connectivity index (χ2n) is 5.20. The molecule has 3 rings (SSSR count). The SMILES string of the molecule is OC(Cc1ccccc1)Cc1cc(Cl)cc2c1OCC2. The van der Waals surface area contributed by atoms with Crippen LogP contribution in [0.3, 0.4) is 0 Å². The van der Waals surface area contributed by atoms with Crippen LogP contribution in [0.1, 0.15) is 16.7 Å². The van der Waals surface area contributed by atoms with E-state index in [9.17, 15) is 5.11 Å². The number of halogens is 1. The summed E-state index contributed by atoms with van der Waals surface area (Å²) in [7, 11) is 0. The van der Waals surface area contributed by atoms with E-state index in [0.717, 1.165) is 33.9 Å². The Morgan fingerprint density at radius 1 is 1.15 bits per heavy atom. The molecule has 1 atom stereocenters. The highest BCUT2D eigenvalue weighted by molar-refractivity contribution is 6.30. The summed E-state index contributed by atoms with van der Waals surface area (Å²) in [6.07, 6.45) is 1.68. The van der Waals surface area contributed by atoms with Crippen LogP contribution in [0, 0.1) is 0 Å². The van der Waals surface area contributed by atoms with Crippen molar-refractivity contribution in [1.29, 1.82) is 0 Å². The average molecular weight is 289 g/mol. The van der Waals surface area contributed by atoms with Gasteiger partial charge in [0.15, 0.2) is 0 Å². The van der Waals surface area contributed by atoms with Crippen LogP contribution in [0.5, 0.6) is 5.75 Å². The van der Waals surface area contributed by atoms with Crippen molar-refractivity contribution < 1.29 is 9.84 Å². The summed E-state index contributed by atoms with van der Waals surface area (Å²) in [5.74, 6) is 0.918. The highest BCUT2D eigenvalue weighted by Crippen LogP contribution is 2.33. The Kier molecular flexibility index (Phi) is 3.95. The van der Waals surface area contributed by atoms with Crippen LogP contribution in [0.15, 0.2) is 42.5 Å². The minimum absolute atomic E-state index is 0.427. The zero-order chi connectivity index (χ0) is 13.9. The highest BCUT2D eigenvalue weighted by atomic mass is 35.5. The van der Waals surface area contributed by atoms with Crippen LogP contribution < -0.4 is 4.74 Å². The van der Waals surface area contributed by atoms with Gasteiger partial charge in [-0.25, -0.2) is 0 Å². The molecule has 0 saturated heterocycles. The third kappa shape index (κ3) is 2.97. The molecule has 1 aliphatic rings. The molecule has 1 heterocycles. The van der Waals surface area contributed by atoms with Gasteiger partial charge in [0.2, 0.25) is 0 Å². The number of aliphatic hydroxyl groups is 1. The molecule has 0 aliphatic carbocycles. The molecule has 1 unspecified atom stereocenters. The fourth-order valence-electron chi connectivity index (χ4n) is 2.71. The molecule has 0 aromatic heterocycles. The summed E-state index contributed by atoms with van der Waals surface area (Å²) in [5, 5.41) is 11.0. The zero-order valence-electron chi connectivity index (χ0n) is 11.2. The van der Waals surface area contributed by atoms with E-state index in [0.29, 0.717) is 19.4 Å². The molecule has 0 saturated carbocycles. The van der Waals surface area contributed by atoms with Crippen LogP contribution in [0.25, 0.3) is 0 Å². The first-order valence-electron chi connectivity index (χ1n) is 6.88. The Labute approximate surface area is 124 Å². The van der Waals surface area contributed by atoms with Gasteiger partial charge in [-0.3, -0.25) is 0 Å². The molecule has 20 heavy (non-hydrogen) atoms. The van der Waals surface area contributed by atoms with Gasteiger partial charge >= 0.3 is 0 Å². The van der Waals surface area contributed by atoms with E-state index in [2.05, 4.69) is 0 Å². The molecule has 0 radical (unpaired) electrons. The van der Waals surface area contributed by atoms with Crippen molar-refractivity contribution in [2.45, 2.75) is 25.4 Å². The molecule has 2 aromatic carbocycles. The van der Waals surface area contributed by atoms with E-state index in [1.807, 2.05) is 42.5 Å². The summed E-state index contributed by atoms with van der Waals surface area (Å²) in [6, 6.07) is 13.9. The molecule has 0 spiro atoms. The van der Waals surface area contributed by atoms with Crippen LogP contribution in [-0.4, -0.2) is 17.8 Å². The number of benzene rings is 2. The predicted molar refractivity (Wildman–Crippen MR) is 80.5 cm³/mol. The fourth-order valence-corrected chi connectivity index (χ4v) is 2.97. The summed E-state index contributed by atoms with van der Waals surface area (Å²) in [4.78, 5) is 0. The minimum Gasteiger partial charge on any atom is -0.493 e. The van der Waals surface area contributed by atoms with Gasteiger partial charge in [-0.15, -0.1) is 0 Å². The third-order valence-electron chi connectivity index (χ3n) is 3.60. The average Bonchev–Trinajstić information content (AvgIpc) is 2.88. The van der Waals surface area contributed by atoms with Crippen LogP contribution in [-0.2, 0) is 19.3 Å². The standard InChI is InChI=1S/C17H17ClO2/c18-15-9-13-6-7-20-17(13)14(10-15)11-16(19)8-12-4-2-1-3-5-12/h1-5,9-10,16,19H,6-8,11H2. The number of rotatable bonds is 4. The largest absolute Gasteiger partial charge is 0.493 e. The lowest BCUT2D eigenvalue weighted by Crippen LogP contribution is -2.14. The van der Waals surface area contributed by atoms with Crippen molar-refractivity contribution in [3.63, 3.8) is 0 Å². The van der Waals surface area contributed by atoms with Gasteiger partial charge in [0.25, 0.3) is 0 Å². The second-order valence-corrected chi connectivity index (χ2v) is 5.64. The van der Waals surface area contributed by atoms with Crippen molar-refractivity contribution in [3.05, 3.63) is 64.2 Å². The molecule has 0 bridgehead atoms. The number of fused-ring (bicyclic) bond motifs is 1. The monoisotopic (exact) mass is 288 g/mol. The first kappa shape index (κ1) is 13.5. The van der Waals surface area contributed by atoms with Crippen molar-refractivity contribution in [1.82, 2.24) is 0 Å². The summed E-state index contributed by atoms with van der Waals surface area (Å²) in [6.45, 7) is 0.706. The lowest BCUT2D eigenvalue weighted by atomic mass is 9.99. The van der Waals surface area contributed by atoms with Gasteiger partial charge in [0.1, 0.15) is 5.75 Å². The van der Waals surface area contributed by atoms with Gasteiger partial charge < -0.3 is 9.84 Å². The molecule has 0 amide bonds. The molecular weight excluding hydrogens is 272 g/mol. The Morgan fingerprint density at radius 3 is 2.75 bits per heavy atom. The number of hydrogen-bond acceptors (Lipinski definition) is 2. The van der Waals surface area contributed by atoms with Gasteiger partial charge in [-0.05, 0) is 35.2 Å². The summed E-state index contributed by atoms with van der Waals surface area (Å²) >= 11 is 6.13. The lowest BCUT2D eigenvalue weighted by molar-refractivity contribution is 0.174. The Morgan fingerprint density at radius 2 is 1.95 bits per heavy atom. The topological polar surface area (TPSA) is 29.5 Å². The molecule has 1 aliphatic heterocycles. The Balaban J connectivity index is 1.75. The van der Waals surface area contributed by atoms with E-state index in [-0.39, 0.29) is 0 Å². The predicted octanol–water partition coefficient (Wildman–Crippen LogP) is 3.42. The molecular formula is C17H17ClO2. The first-order valence-corrected chi connectivity index (χ1v) is 7.26. The highest BCUT2D eigenvalue weighted by Gasteiger charge is 2.19. The molecule has 2 aromatic rings.